The fourth-order valence-corrected chi connectivity index (χ4v) is 3.39. The molecule has 0 aromatic heterocycles. The zero-order valence-corrected chi connectivity index (χ0v) is 14.2. The number of rotatable bonds is 7. The normalized spacial score (nSPS) is 16.7. The second kappa shape index (κ2) is 9.55. The first-order valence-corrected chi connectivity index (χ1v) is 9.08. The number of alkyl halides is 2. The van der Waals surface area contributed by atoms with Crippen LogP contribution in [0.2, 0.25) is 0 Å². The summed E-state index contributed by atoms with van der Waals surface area (Å²) in [5.41, 5.74) is 2.63. The van der Waals surface area contributed by atoms with Crippen LogP contribution in [0.25, 0.3) is 0 Å². The van der Waals surface area contributed by atoms with Gasteiger partial charge >= 0.3 is 0 Å². The third kappa shape index (κ3) is 5.69. The first kappa shape index (κ1) is 16.9. The van der Waals surface area contributed by atoms with Crippen LogP contribution in [-0.4, -0.2) is 42.8 Å². The lowest BCUT2D eigenvalue weighted by Crippen LogP contribution is -2.28. The molecule has 118 valence electrons. The molecule has 2 rings (SSSR count). The molecule has 0 unspecified atom stereocenters. The van der Waals surface area contributed by atoms with Gasteiger partial charge in [-0.25, -0.2) is 0 Å². The summed E-state index contributed by atoms with van der Waals surface area (Å²) in [7, 11) is 0. The topological polar surface area (TPSA) is 6.48 Å². The van der Waals surface area contributed by atoms with E-state index in [4.69, 9.17) is 23.2 Å². The average Bonchev–Trinajstić information content (AvgIpc) is 2.76. The Labute approximate surface area is 139 Å². The largest absolute Gasteiger partial charge is 0.369 e. The molecule has 0 radical (unpaired) electrons. The van der Waals surface area contributed by atoms with Crippen LogP contribution in [-0.2, 0) is 6.54 Å². The second-order valence-corrected chi connectivity index (χ2v) is 6.48. The summed E-state index contributed by atoms with van der Waals surface area (Å²) < 4.78 is 0. The molecular weight excluding hydrogens is 303 g/mol. The van der Waals surface area contributed by atoms with E-state index >= 15 is 0 Å². The molecule has 0 saturated carbocycles. The van der Waals surface area contributed by atoms with Crippen molar-refractivity contribution in [2.24, 2.45) is 0 Å². The summed E-state index contributed by atoms with van der Waals surface area (Å²) in [4.78, 5) is 4.85. The van der Waals surface area contributed by atoms with Gasteiger partial charge in [-0.05, 0) is 43.6 Å². The number of anilines is 1. The summed E-state index contributed by atoms with van der Waals surface area (Å²) in [6, 6.07) is 8.83. The standard InChI is InChI=1S/C17H26Cl2N2/c18-8-12-21(13-9-19)17-7-5-6-16(14-17)15-20-10-3-1-2-4-11-20/h5-7,14H,1-4,8-13,15H2. The molecule has 1 aromatic carbocycles. The van der Waals surface area contributed by atoms with Gasteiger partial charge < -0.3 is 4.90 Å². The van der Waals surface area contributed by atoms with E-state index in [1.807, 2.05) is 0 Å². The fraction of sp³-hybridized carbons (Fsp3) is 0.647. The molecule has 1 aliphatic heterocycles. The number of benzene rings is 1. The van der Waals surface area contributed by atoms with Crippen LogP contribution >= 0.6 is 23.2 Å². The summed E-state index contributed by atoms with van der Waals surface area (Å²) >= 11 is 11.8. The summed E-state index contributed by atoms with van der Waals surface area (Å²) in [5, 5.41) is 0. The maximum atomic E-state index is 5.90. The van der Waals surface area contributed by atoms with E-state index in [1.54, 1.807) is 0 Å². The Kier molecular flexibility index (Phi) is 7.70. The zero-order chi connectivity index (χ0) is 14.9. The van der Waals surface area contributed by atoms with Gasteiger partial charge in [0.05, 0.1) is 0 Å². The maximum absolute atomic E-state index is 5.90. The highest BCUT2D eigenvalue weighted by molar-refractivity contribution is 6.18. The van der Waals surface area contributed by atoms with Gasteiger partial charge in [0, 0.05) is 37.1 Å². The highest BCUT2D eigenvalue weighted by Crippen LogP contribution is 2.19. The van der Waals surface area contributed by atoms with E-state index in [0.29, 0.717) is 11.8 Å². The molecular formula is C17H26Cl2N2. The van der Waals surface area contributed by atoms with Crippen LogP contribution in [0.5, 0.6) is 0 Å². The maximum Gasteiger partial charge on any atom is 0.0399 e. The molecule has 0 atom stereocenters. The van der Waals surface area contributed by atoms with Gasteiger partial charge in [0.15, 0.2) is 0 Å². The number of hydrogen-bond donors (Lipinski definition) is 0. The smallest absolute Gasteiger partial charge is 0.0399 e. The van der Waals surface area contributed by atoms with Crippen LogP contribution in [0.15, 0.2) is 24.3 Å². The molecule has 0 aliphatic carbocycles. The Morgan fingerprint density at radius 2 is 1.62 bits per heavy atom. The SMILES string of the molecule is ClCCN(CCCl)c1cccc(CN2CCCCCC2)c1. The highest BCUT2D eigenvalue weighted by atomic mass is 35.5. The second-order valence-electron chi connectivity index (χ2n) is 5.73. The first-order valence-electron chi connectivity index (χ1n) is 8.01. The summed E-state index contributed by atoms with van der Waals surface area (Å²) in [6.07, 6.45) is 5.44. The Hall–Kier alpha value is -0.440. The summed E-state index contributed by atoms with van der Waals surface area (Å²) in [5.74, 6) is 1.26. The molecule has 21 heavy (non-hydrogen) atoms. The van der Waals surface area contributed by atoms with Gasteiger partial charge in [-0.2, -0.15) is 0 Å². The molecule has 4 heteroatoms. The molecule has 1 saturated heterocycles. The average molecular weight is 329 g/mol. The quantitative estimate of drug-likeness (QED) is 0.686. The van der Waals surface area contributed by atoms with Crippen LogP contribution in [0.4, 0.5) is 5.69 Å². The number of nitrogens with zero attached hydrogens (tertiary/aromatic N) is 2. The van der Waals surface area contributed by atoms with Gasteiger partial charge in [-0.1, -0.05) is 25.0 Å². The lowest BCUT2D eigenvalue weighted by molar-refractivity contribution is 0.277. The van der Waals surface area contributed by atoms with Gasteiger partial charge in [-0.15, -0.1) is 23.2 Å². The van der Waals surface area contributed by atoms with Crippen molar-refractivity contribution in [1.82, 2.24) is 4.90 Å². The van der Waals surface area contributed by atoms with Crippen molar-refractivity contribution in [2.45, 2.75) is 32.2 Å². The van der Waals surface area contributed by atoms with E-state index in [9.17, 15) is 0 Å². The molecule has 2 nitrogen and oxygen atoms in total. The predicted molar refractivity (Wildman–Crippen MR) is 93.8 cm³/mol. The Balaban J connectivity index is 2.01. The summed E-state index contributed by atoms with van der Waals surface area (Å²) in [6.45, 7) is 5.22. The molecule has 0 amide bonds. The Bertz CT molecular complexity index is 398. The van der Waals surface area contributed by atoms with E-state index in [1.165, 1.54) is 50.0 Å². The molecule has 1 aliphatic rings. The van der Waals surface area contributed by atoms with Gasteiger partial charge in [0.25, 0.3) is 0 Å². The lowest BCUT2D eigenvalue weighted by Gasteiger charge is -2.25. The van der Waals surface area contributed by atoms with Crippen LogP contribution < -0.4 is 4.90 Å². The van der Waals surface area contributed by atoms with Crippen molar-refractivity contribution < 1.29 is 0 Å². The minimum atomic E-state index is 0.632. The minimum Gasteiger partial charge on any atom is -0.369 e. The predicted octanol–water partition coefficient (Wildman–Crippen LogP) is 4.35. The van der Waals surface area contributed by atoms with Crippen molar-refractivity contribution >= 4 is 28.9 Å². The van der Waals surface area contributed by atoms with Crippen molar-refractivity contribution in [3.8, 4) is 0 Å². The third-order valence-corrected chi connectivity index (χ3v) is 4.43. The van der Waals surface area contributed by atoms with Gasteiger partial charge in [-0.3, -0.25) is 4.90 Å². The van der Waals surface area contributed by atoms with Crippen molar-refractivity contribution in [3.05, 3.63) is 29.8 Å². The van der Waals surface area contributed by atoms with Gasteiger partial charge in [0.2, 0.25) is 0 Å². The minimum absolute atomic E-state index is 0.632. The van der Waals surface area contributed by atoms with E-state index in [0.717, 1.165) is 19.6 Å². The molecule has 1 fully saturated rings. The van der Waals surface area contributed by atoms with E-state index in [2.05, 4.69) is 34.1 Å². The van der Waals surface area contributed by atoms with Crippen molar-refractivity contribution in [1.29, 1.82) is 0 Å². The molecule has 0 spiro atoms. The van der Waals surface area contributed by atoms with E-state index < -0.39 is 0 Å². The molecule has 1 aromatic rings. The van der Waals surface area contributed by atoms with Gasteiger partial charge in [0.1, 0.15) is 0 Å². The monoisotopic (exact) mass is 328 g/mol. The Morgan fingerprint density at radius 1 is 0.952 bits per heavy atom. The molecule has 0 bridgehead atoms. The Morgan fingerprint density at radius 3 is 2.24 bits per heavy atom. The van der Waals surface area contributed by atoms with Crippen LogP contribution in [0.3, 0.4) is 0 Å². The third-order valence-electron chi connectivity index (χ3n) is 4.09. The fourth-order valence-electron chi connectivity index (χ4n) is 2.98. The number of likely N-dealkylation sites (tertiary alicyclic amines) is 1. The molecule has 0 N–H and O–H groups in total. The lowest BCUT2D eigenvalue weighted by atomic mass is 10.1. The van der Waals surface area contributed by atoms with Crippen LogP contribution in [0.1, 0.15) is 31.2 Å². The zero-order valence-electron chi connectivity index (χ0n) is 12.7. The van der Waals surface area contributed by atoms with Crippen LogP contribution in [0, 0.1) is 0 Å². The van der Waals surface area contributed by atoms with E-state index in [-0.39, 0.29) is 0 Å². The number of hydrogen-bond acceptors (Lipinski definition) is 2. The van der Waals surface area contributed by atoms with Crippen molar-refractivity contribution in [2.75, 3.05) is 42.8 Å². The van der Waals surface area contributed by atoms with Crippen molar-refractivity contribution in [3.63, 3.8) is 0 Å². The highest BCUT2D eigenvalue weighted by Gasteiger charge is 2.11. The number of halogens is 2. The first-order chi connectivity index (χ1) is 10.3. The molecule has 1 heterocycles.